The Hall–Kier alpha value is -1.91. The van der Waals surface area contributed by atoms with Crippen LogP contribution in [0.5, 0.6) is 0 Å². The van der Waals surface area contributed by atoms with Crippen LogP contribution in [0.2, 0.25) is 0 Å². The smallest absolute Gasteiger partial charge is 0.240 e. The number of rotatable bonds is 4. The molecule has 1 unspecified atom stereocenters. The van der Waals surface area contributed by atoms with Crippen LogP contribution in [0, 0.1) is 5.92 Å². The summed E-state index contributed by atoms with van der Waals surface area (Å²) in [5, 5.41) is 3.04. The molecule has 0 saturated carbocycles. The number of nitrogens with two attached hydrogens (primary N) is 3. The highest BCUT2D eigenvalue weighted by atomic mass is 16.1. The van der Waals surface area contributed by atoms with Crippen molar-refractivity contribution in [2.45, 2.75) is 19.9 Å². The minimum absolute atomic E-state index is 0.108. The predicted molar refractivity (Wildman–Crippen MR) is 66.7 cm³/mol. The molecule has 1 rings (SSSR count). The molecule has 0 aliphatic heterocycles. The zero-order valence-electron chi connectivity index (χ0n) is 9.53. The van der Waals surface area contributed by atoms with Crippen LogP contribution in [0.25, 0.3) is 0 Å². The maximum absolute atomic E-state index is 11.2. The van der Waals surface area contributed by atoms with E-state index in [1.807, 2.05) is 13.8 Å². The molecule has 0 aliphatic carbocycles. The Morgan fingerprint density at radius 3 is 2.31 bits per heavy atom. The third kappa shape index (κ3) is 2.79. The van der Waals surface area contributed by atoms with Crippen molar-refractivity contribution in [3.05, 3.63) is 18.2 Å². The highest BCUT2D eigenvalue weighted by Crippen LogP contribution is 2.21. The average molecular weight is 222 g/mol. The van der Waals surface area contributed by atoms with Crippen LogP contribution in [0.4, 0.5) is 17.1 Å². The lowest BCUT2D eigenvalue weighted by Gasteiger charge is -2.20. The number of hydrogen-bond acceptors (Lipinski definition) is 4. The van der Waals surface area contributed by atoms with Gasteiger partial charge in [-0.3, -0.25) is 4.79 Å². The quantitative estimate of drug-likeness (QED) is 0.564. The number of carbonyl (C=O) groups excluding carboxylic acids is 1. The second kappa shape index (κ2) is 4.74. The zero-order chi connectivity index (χ0) is 12.3. The molecule has 1 atom stereocenters. The summed E-state index contributed by atoms with van der Waals surface area (Å²) in [5.41, 5.74) is 18.3. The van der Waals surface area contributed by atoms with Crippen molar-refractivity contribution in [2.24, 2.45) is 11.7 Å². The summed E-state index contributed by atoms with van der Waals surface area (Å²) in [6.45, 7) is 3.84. The summed E-state index contributed by atoms with van der Waals surface area (Å²) in [6, 6.07) is 4.73. The van der Waals surface area contributed by atoms with Gasteiger partial charge < -0.3 is 22.5 Å². The molecule has 0 spiro atoms. The van der Waals surface area contributed by atoms with Crippen molar-refractivity contribution in [1.29, 1.82) is 0 Å². The van der Waals surface area contributed by atoms with Gasteiger partial charge in [0, 0.05) is 5.69 Å². The molecule has 0 saturated heterocycles. The van der Waals surface area contributed by atoms with Gasteiger partial charge in [-0.05, 0) is 24.1 Å². The van der Waals surface area contributed by atoms with Crippen LogP contribution in [0.1, 0.15) is 13.8 Å². The fraction of sp³-hybridized carbons (Fsp3) is 0.364. The van der Waals surface area contributed by atoms with Gasteiger partial charge in [-0.2, -0.15) is 0 Å². The minimum atomic E-state index is -0.414. The molecule has 1 aromatic rings. The van der Waals surface area contributed by atoms with Gasteiger partial charge in [0.2, 0.25) is 5.91 Å². The largest absolute Gasteiger partial charge is 0.397 e. The van der Waals surface area contributed by atoms with E-state index in [0.29, 0.717) is 11.4 Å². The van der Waals surface area contributed by atoms with Crippen molar-refractivity contribution < 1.29 is 4.79 Å². The maximum Gasteiger partial charge on any atom is 0.240 e. The number of amides is 1. The normalized spacial score (nSPS) is 12.4. The van der Waals surface area contributed by atoms with Crippen LogP contribution in [-0.4, -0.2) is 11.9 Å². The van der Waals surface area contributed by atoms with E-state index >= 15 is 0 Å². The van der Waals surface area contributed by atoms with Crippen molar-refractivity contribution in [3.8, 4) is 0 Å². The third-order valence-electron chi connectivity index (χ3n) is 2.38. The van der Waals surface area contributed by atoms with Gasteiger partial charge in [0.05, 0.1) is 11.4 Å². The summed E-state index contributed by atoms with van der Waals surface area (Å²) in [7, 11) is 0. The number of nitrogen functional groups attached to an aromatic ring is 2. The molecule has 5 heteroatoms. The molecule has 1 amide bonds. The standard InChI is InChI=1S/C11H18N4O/c1-6(2)10(11(14)16)15-7-3-4-8(12)9(13)5-7/h3-6,10,15H,12-13H2,1-2H3,(H2,14,16). The number of carbonyl (C=O) groups is 1. The maximum atomic E-state index is 11.2. The second-order valence-corrected chi connectivity index (χ2v) is 4.11. The van der Waals surface area contributed by atoms with E-state index in [1.165, 1.54) is 0 Å². The van der Waals surface area contributed by atoms with Gasteiger partial charge in [-0.25, -0.2) is 0 Å². The second-order valence-electron chi connectivity index (χ2n) is 4.11. The van der Waals surface area contributed by atoms with E-state index in [-0.39, 0.29) is 11.8 Å². The Balaban J connectivity index is 2.86. The van der Waals surface area contributed by atoms with Gasteiger partial charge in [-0.1, -0.05) is 13.8 Å². The Morgan fingerprint density at radius 2 is 1.88 bits per heavy atom. The molecular formula is C11H18N4O. The van der Waals surface area contributed by atoms with Crippen LogP contribution in [0.15, 0.2) is 18.2 Å². The van der Waals surface area contributed by atoms with Gasteiger partial charge in [0.25, 0.3) is 0 Å². The molecule has 0 aromatic heterocycles. The molecule has 5 nitrogen and oxygen atoms in total. The molecule has 7 N–H and O–H groups in total. The molecule has 0 bridgehead atoms. The van der Waals surface area contributed by atoms with Crippen LogP contribution < -0.4 is 22.5 Å². The van der Waals surface area contributed by atoms with Gasteiger partial charge >= 0.3 is 0 Å². The number of anilines is 3. The summed E-state index contributed by atoms with van der Waals surface area (Å²) < 4.78 is 0. The molecule has 0 fully saturated rings. The fourth-order valence-electron chi connectivity index (χ4n) is 1.41. The summed E-state index contributed by atoms with van der Waals surface area (Å²) in [4.78, 5) is 11.2. The average Bonchev–Trinajstić information content (AvgIpc) is 2.18. The Morgan fingerprint density at radius 1 is 1.25 bits per heavy atom. The zero-order valence-corrected chi connectivity index (χ0v) is 9.53. The van der Waals surface area contributed by atoms with E-state index in [9.17, 15) is 4.79 Å². The van der Waals surface area contributed by atoms with Crippen molar-refractivity contribution in [1.82, 2.24) is 0 Å². The van der Waals surface area contributed by atoms with Gasteiger partial charge in [0.1, 0.15) is 6.04 Å². The highest BCUT2D eigenvalue weighted by molar-refractivity contribution is 5.83. The predicted octanol–water partition coefficient (Wildman–Crippen LogP) is 0.773. The van der Waals surface area contributed by atoms with E-state index in [4.69, 9.17) is 17.2 Å². The first kappa shape index (κ1) is 12.2. The topological polar surface area (TPSA) is 107 Å². The molecule has 1 aromatic carbocycles. The van der Waals surface area contributed by atoms with Crippen LogP contribution >= 0.6 is 0 Å². The molecule has 0 aliphatic rings. The number of primary amides is 1. The Labute approximate surface area is 95.0 Å². The van der Waals surface area contributed by atoms with E-state index in [1.54, 1.807) is 18.2 Å². The lowest BCUT2D eigenvalue weighted by molar-refractivity contribution is -0.119. The molecule has 0 heterocycles. The molecular weight excluding hydrogens is 204 g/mol. The highest BCUT2D eigenvalue weighted by Gasteiger charge is 2.18. The van der Waals surface area contributed by atoms with Crippen molar-refractivity contribution >= 4 is 23.0 Å². The van der Waals surface area contributed by atoms with E-state index in [2.05, 4.69) is 5.32 Å². The SMILES string of the molecule is CC(C)C(Nc1ccc(N)c(N)c1)C(N)=O. The number of benzene rings is 1. The van der Waals surface area contributed by atoms with E-state index in [0.717, 1.165) is 5.69 Å². The van der Waals surface area contributed by atoms with Gasteiger partial charge in [0.15, 0.2) is 0 Å². The minimum Gasteiger partial charge on any atom is -0.397 e. The van der Waals surface area contributed by atoms with Crippen molar-refractivity contribution in [3.63, 3.8) is 0 Å². The monoisotopic (exact) mass is 222 g/mol. The lowest BCUT2D eigenvalue weighted by Crippen LogP contribution is -2.39. The first-order valence-electron chi connectivity index (χ1n) is 5.12. The summed E-state index contributed by atoms with van der Waals surface area (Å²) >= 11 is 0. The number of hydrogen-bond donors (Lipinski definition) is 4. The van der Waals surface area contributed by atoms with Crippen LogP contribution in [-0.2, 0) is 4.79 Å². The molecule has 16 heavy (non-hydrogen) atoms. The first-order valence-corrected chi connectivity index (χ1v) is 5.12. The third-order valence-corrected chi connectivity index (χ3v) is 2.38. The van der Waals surface area contributed by atoms with E-state index < -0.39 is 6.04 Å². The Kier molecular flexibility index (Phi) is 3.60. The Bertz CT molecular complexity index is 390. The summed E-state index contributed by atoms with van der Waals surface area (Å²) in [6.07, 6.45) is 0. The van der Waals surface area contributed by atoms with Crippen LogP contribution in [0.3, 0.4) is 0 Å². The fourth-order valence-corrected chi connectivity index (χ4v) is 1.41. The van der Waals surface area contributed by atoms with Crippen molar-refractivity contribution in [2.75, 3.05) is 16.8 Å². The first-order chi connectivity index (χ1) is 7.41. The lowest BCUT2D eigenvalue weighted by atomic mass is 10.0. The van der Waals surface area contributed by atoms with Gasteiger partial charge in [-0.15, -0.1) is 0 Å². The number of nitrogens with one attached hydrogen (secondary N) is 1. The molecule has 88 valence electrons. The summed E-state index contributed by atoms with van der Waals surface area (Å²) in [5.74, 6) is -0.276. The molecule has 0 radical (unpaired) electrons.